The van der Waals surface area contributed by atoms with Gasteiger partial charge in [0.05, 0.1) is 0 Å². The molecule has 0 saturated heterocycles. The van der Waals surface area contributed by atoms with E-state index < -0.39 is 5.60 Å². The number of carbonyl (C=O) groups is 1. The molecule has 7 atom stereocenters. The summed E-state index contributed by atoms with van der Waals surface area (Å²) in [5.74, 6) is 3.23. The Hall–Kier alpha value is -1.35. The Balaban J connectivity index is 1.59. The third kappa shape index (κ3) is 1.26. The van der Waals surface area contributed by atoms with Crippen LogP contribution in [0.5, 0.6) is 0 Å². The minimum Gasteiger partial charge on any atom is -0.384 e. The lowest BCUT2D eigenvalue weighted by atomic mass is 9.29. The summed E-state index contributed by atoms with van der Waals surface area (Å²) in [5, 5.41) is 15.1. The van der Waals surface area contributed by atoms with Crippen LogP contribution in [0.15, 0.2) is 24.3 Å². The first-order valence-electron chi connectivity index (χ1n) is 9.23. The summed E-state index contributed by atoms with van der Waals surface area (Å²) in [6, 6.07) is 7.80. The first-order chi connectivity index (χ1) is 11.1. The Labute approximate surface area is 136 Å². The Morgan fingerprint density at radius 1 is 1.09 bits per heavy atom. The van der Waals surface area contributed by atoms with Crippen LogP contribution in [-0.4, -0.2) is 17.6 Å². The van der Waals surface area contributed by atoms with Gasteiger partial charge in [-0.15, -0.1) is 0 Å². The van der Waals surface area contributed by atoms with Gasteiger partial charge in [-0.25, -0.2) is 0 Å². The topological polar surface area (TPSA) is 49.3 Å². The predicted octanol–water partition coefficient (Wildman–Crippen LogP) is 2.69. The van der Waals surface area contributed by atoms with Gasteiger partial charge in [0.2, 0.25) is 0 Å². The molecule has 1 spiro atoms. The van der Waals surface area contributed by atoms with E-state index in [0.717, 1.165) is 23.3 Å². The minimum atomic E-state index is -0.788. The second-order valence-electron chi connectivity index (χ2n) is 8.92. The monoisotopic (exact) mass is 309 g/mol. The average molecular weight is 309 g/mol. The van der Waals surface area contributed by atoms with E-state index in [1.54, 1.807) is 0 Å². The minimum absolute atomic E-state index is 0.00345. The van der Waals surface area contributed by atoms with Crippen LogP contribution in [0.4, 0.5) is 0 Å². The second-order valence-corrected chi connectivity index (χ2v) is 8.92. The highest BCUT2D eigenvalue weighted by Crippen LogP contribution is 2.79. The summed E-state index contributed by atoms with van der Waals surface area (Å²) in [4.78, 5) is 12.5. The molecule has 1 heterocycles. The van der Waals surface area contributed by atoms with Crippen molar-refractivity contribution in [2.24, 2.45) is 35.0 Å². The summed E-state index contributed by atoms with van der Waals surface area (Å²) in [6.07, 6.45) is 6.47. The van der Waals surface area contributed by atoms with Gasteiger partial charge in [0.25, 0.3) is 5.91 Å². The largest absolute Gasteiger partial charge is 0.384 e. The standard InChI is InChI=1S/C20H23NO2/c22-18-14-3-1-2-4-15(14)20(23)16(10-21-18)17-13-6-11-5-12(7-13)9-19(17,20)8-11/h1-4,11-13,16-17,23H,5-10H2,(H,21,22)/t11-,12+,13?,16-,17-,19?,20+/m0/s1. The van der Waals surface area contributed by atoms with Crippen molar-refractivity contribution >= 4 is 5.91 Å². The molecule has 5 aliphatic carbocycles. The van der Waals surface area contributed by atoms with Crippen molar-refractivity contribution in [2.45, 2.75) is 37.7 Å². The van der Waals surface area contributed by atoms with E-state index in [1.165, 1.54) is 32.1 Å². The second kappa shape index (κ2) is 3.83. The molecule has 23 heavy (non-hydrogen) atoms. The molecule has 2 unspecified atom stereocenters. The van der Waals surface area contributed by atoms with Crippen LogP contribution in [0.2, 0.25) is 0 Å². The smallest absolute Gasteiger partial charge is 0.251 e. The lowest BCUT2D eigenvalue weighted by Crippen LogP contribution is -2.76. The van der Waals surface area contributed by atoms with Gasteiger partial charge in [-0.05, 0) is 67.4 Å². The number of carbonyl (C=O) groups excluding carboxylic acids is 1. The average Bonchev–Trinajstić information content (AvgIpc) is 2.64. The molecule has 0 aromatic heterocycles. The fourth-order valence-electron chi connectivity index (χ4n) is 7.95. The molecule has 1 aliphatic heterocycles. The molecule has 5 fully saturated rings. The summed E-state index contributed by atoms with van der Waals surface area (Å²) < 4.78 is 0. The first-order valence-corrected chi connectivity index (χ1v) is 9.23. The van der Waals surface area contributed by atoms with Crippen molar-refractivity contribution in [2.75, 3.05) is 6.54 Å². The van der Waals surface area contributed by atoms with Crippen LogP contribution in [0.1, 0.15) is 48.0 Å². The molecule has 6 aliphatic rings. The van der Waals surface area contributed by atoms with Crippen molar-refractivity contribution in [3.8, 4) is 0 Å². The quantitative estimate of drug-likeness (QED) is 0.774. The van der Waals surface area contributed by atoms with Gasteiger partial charge in [-0.2, -0.15) is 0 Å². The molecule has 1 aromatic carbocycles. The van der Waals surface area contributed by atoms with E-state index >= 15 is 0 Å². The third-order valence-corrected chi connectivity index (χ3v) is 8.18. The maximum atomic E-state index is 12.5. The van der Waals surface area contributed by atoms with Gasteiger partial charge in [-0.3, -0.25) is 4.79 Å². The lowest BCUT2D eigenvalue weighted by molar-refractivity contribution is -0.344. The van der Waals surface area contributed by atoms with E-state index in [-0.39, 0.29) is 17.2 Å². The van der Waals surface area contributed by atoms with Gasteiger partial charge in [0.15, 0.2) is 0 Å². The van der Waals surface area contributed by atoms with E-state index in [1.807, 2.05) is 24.3 Å². The van der Waals surface area contributed by atoms with Gasteiger partial charge < -0.3 is 10.4 Å². The number of amides is 1. The van der Waals surface area contributed by atoms with Crippen LogP contribution < -0.4 is 5.32 Å². The number of nitrogens with one attached hydrogen (secondary N) is 1. The molecule has 5 saturated carbocycles. The van der Waals surface area contributed by atoms with Crippen LogP contribution in [0, 0.1) is 35.0 Å². The van der Waals surface area contributed by atoms with Crippen LogP contribution in [0.25, 0.3) is 0 Å². The summed E-state index contributed by atoms with van der Waals surface area (Å²) >= 11 is 0. The van der Waals surface area contributed by atoms with Gasteiger partial charge in [0, 0.05) is 23.4 Å². The Morgan fingerprint density at radius 3 is 2.61 bits per heavy atom. The van der Waals surface area contributed by atoms with Gasteiger partial charge >= 0.3 is 0 Å². The molecule has 4 bridgehead atoms. The van der Waals surface area contributed by atoms with Gasteiger partial charge in [0.1, 0.15) is 5.60 Å². The Bertz CT molecular complexity index is 714. The fraction of sp³-hybridized carbons (Fsp3) is 0.650. The maximum absolute atomic E-state index is 12.5. The summed E-state index contributed by atoms with van der Waals surface area (Å²) in [7, 11) is 0. The number of hydrogen-bond donors (Lipinski definition) is 2. The highest BCUT2D eigenvalue weighted by atomic mass is 16.3. The SMILES string of the molecule is O=C1NC[C@H]2[C@@H]3C4C[C@@H]5C[C@H](C4)CC3(C5)[C@@]2(O)c2ccccc21. The first kappa shape index (κ1) is 13.0. The van der Waals surface area contributed by atoms with Crippen molar-refractivity contribution in [3.63, 3.8) is 0 Å². The van der Waals surface area contributed by atoms with Crippen LogP contribution in [-0.2, 0) is 5.60 Å². The van der Waals surface area contributed by atoms with Crippen molar-refractivity contribution < 1.29 is 9.90 Å². The molecular weight excluding hydrogens is 286 g/mol. The van der Waals surface area contributed by atoms with E-state index in [0.29, 0.717) is 18.0 Å². The zero-order valence-electron chi connectivity index (χ0n) is 13.3. The molecule has 1 amide bonds. The highest BCUT2D eigenvalue weighted by molar-refractivity contribution is 5.96. The fourth-order valence-corrected chi connectivity index (χ4v) is 7.95. The molecular formula is C20H23NO2. The predicted molar refractivity (Wildman–Crippen MR) is 85.6 cm³/mol. The number of fused-ring (bicyclic) bond motifs is 3. The van der Waals surface area contributed by atoms with Crippen molar-refractivity contribution in [1.82, 2.24) is 5.32 Å². The number of rotatable bonds is 0. The van der Waals surface area contributed by atoms with Crippen LogP contribution in [0.3, 0.4) is 0 Å². The van der Waals surface area contributed by atoms with E-state index in [9.17, 15) is 9.90 Å². The zero-order valence-corrected chi connectivity index (χ0v) is 13.3. The number of hydrogen-bond acceptors (Lipinski definition) is 2. The van der Waals surface area contributed by atoms with E-state index in [2.05, 4.69) is 5.32 Å². The molecule has 3 heteroatoms. The molecule has 0 radical (unpaired) electrons. The molecule has 2 N–H and O–H groups in total. The molecule has 7 rings (SSSR count). The van der Waals surface area contributed by atoms with E-state index in [4.69, 9.17) is 0 Å². The van der Waals surface area contributed by atoms with Crippen molar-refractivity contribution in [1.29, 1.82) is 0 Å². The van der Waals surface area contributed by atoms with Gasteiger partial charge in [-0.1, -0.05) is 18.2 Å². The number of benzene rings is 1. The molecule has 1 aromatic rings. The Morgan fingerprint density at radius 2 is 1.83 bits per heavy atom. The molecule has 3 nitrogen and oxygen atoms in total. The number of aliphatic hydroxyl groups is 1. The lowest BCUT2D eigenvalue weighted by Gasteiger charge is -2.77. The highest BCUT2D eigenvalue weighted by Gasteiger charge is 2.78. The zero-order chi connectivity index (χ0) is 15.4. The van der Waals surface area contributed by atoms with Crippen molar-refractivity contribution in [3.05, 3.63) is 35.4 Å². The Kier molecular flexibility index (Phi) is 2.16. The summed E-state index contributed by atoms with van der Waals surface area (Å²) in [6.45, 7) is 0.641. The normalized spacial score (nSPS) is 51.9. The third-order valence-electron chi connectivity index (χ3n) is 8.18. The summed E-state index contributed by atoms with van der Waals surface area (Å²) in [5.41, 5.74) is 0.878. The maximum Gasteiger partial charge on any atom is 0.251 e. The van der Waals surface area contributed by atoms with Crippen LogP contribution >= 0.6 is 0 Å². The molecule has 120 valence electrons.